The molecule has 1 aliphatic heterocycles. The van der Waals surface area contributed by atoms with E-state index < -0.39 is 11.7 Å². The zero-order valence-electron chi connectivity index (χ0n) is 15.0. The number of benzene rings is 3. The van der Waals surface area contributed by atoms with E-state index in [4.69, 9.17) is 23.2 Å². The van der Waals surface area contributed by atoms with E-state index in [1.165, 1.54) is 6.07 Å². The summed E-state index contributed by atoms with van der Waals surface area (Å²) in [4.78, 5) is 0. The van der Waals surface area contributed by atoms with Gasteiger partial charge in [-0.15, -0.1) is 0 Å². The average Bonchev–Trinajstić information content (AvgIpc) is 3.14. The maximum absolute atomic E-state index is 13.2. The highest BCUT2D eigenvalue weighted by Crippen LogP contribution is 2.39. The van der Waals surface area contributed by atoms with Crippen LogP contribution < -0.4 is 5.01 Å². The van der Waals surface area contributed by atoms with Crippen LogP contribution in [-0.2, 0) is 6.18 Å². The van der Waals surface area contributed by atoms with E-state index in [-0.39, 0.29) is 6.04 Å². The molecule has 1 unspecified atom stereocenters. The number of hydrazone groups is 1. The lowest BCUT2D eigenvalue weighted by Crippen LogP contribution is -2.19. The maximum atomic E-state index is 13.2. The second-order valence-corrected chi connectivity index (χ2v) is 7.59. The molecule has 7 heteroatoms. The van der Waals surface area contributed by atoms with Crippen LogP contribution in [0.25, 0.3) is 0 Å². The summed E-state index contributed by atoms with van der Waals surface area (Å²) in [6.07, 6.45) is -3.88. The van der Waals surface area contributed by atoms with Crippen LogP contribution in [0.1, 0.15) is 29.2 Å². The van der Waals surface area contributed by atoms with Crippen LogP contribution in [0.5, 0.6) is 0 Å². The van der Waals surface area contributed by atoms with Gasteiger partial charge in [0.1, 0.15) is 0 Å². The molecule has 3 aromatic carbocycles. The molecule has 0 N–H and O–H groups in total. The lowest BCUT2D eigenvalue weighted by atomic mass is 9.98. The topological polar surface area (TPSA) is 15.6 Å². The molecule has 0 fully saturated rings. The summed E-state index contributed by atoms with van der Waals surface area (Å²) < 4.78 is 39.7. The molecule has 0 radical (unpaired) electrons. The van der Waals surface area contributed by atoms with Crippen molar-refractivity contribution < 1.29 is 13.2 Å². The second kappa shape index (κ2) is 7.73. The van der Waals surface area contributed by atoms with Crippen LogP contribution in [0.4, 0.5) is 18.9 Å². The molecule has 2 nitrogen and oxygen atoms in total. The molecule has 0 spiro atoms. The smallest absolute Gasteiger partial charge is 0.257 e. The highest BCUT2D eigenvalue weighted by Gasteiger charge is 2.34. The lowest BCUT2D eigenvalue weighted by Gasteiger charge is -2.24. The van der Waals surface area contributed by atoms with Crippen LogP contribution in [0, 0.1) is 0 Å². The number of alkyl halides is 3. The van der Waals surface area contributed by atoms with Crippen molar-refractivity contribution in [3.63, 3.8) is 0 Å². The minimum Gasteiger partial charge on any atom is -0.257 e. The lowest BCUT2D eigenvalue weighted by molar-refractivity contribution is -0.137. The van der Waals surface area contributed by atoms with Crippen molar-refractivity contribution in [3.8, 4) is 0 Å². The van der Waals surface area contributed by atoms with Gasteiger partial charge in [-0.3, -0.25) is 5.01 Å². The first-order valence-corrected chi connectivity index (χ1v) is 9.62. The fourth-order valence-corrected chi connectivity index (χ4v) is 3.59. The summed E-state index contributed by atoms with van der Waals surface area (Å²) in [7, 11) is 0. The molecule has 1 heterocycles. The van der Waals surface area contributed by atoms with Crippen molar-refractivity contribution >= 4 is 34.6 Å². The van der Waals surface area contributed by atoms with E-state index >= 15 is 0 Å². The molecule has 1 aliphatic rings. The Morgan fingerprint density at radius 1 is 0.862 bits per heavy atom. The number of hydrogen-bond donors (Lipinski definition) is 0. The van der Waals surface area contributed by atoms with E-state index in [1.807, 2.05) is 24.3 Å². The fraction of sp³-hybridized carbons (Fsp3) is 0.136. The van der Waals surface area contributed by atoms with Crippen molar-refractivity contribution in [2.75, 3.05) is 5.01 Å². The normalized spacial score (nSPS) is 16.8. The van der Waals surface area contributed by atoms with Gasteiger partial charge in [0, 0.05) is 16.5 Å². The third kappa shape index (κ3) is 4.26. The van der Waals surface area contributed by atoms with Crippen molar-refractivity contribution in [2.45, 2.75) is 18.6 Å². The Kier molecular flexibility index (Phi) is 5.28. The standard InChI is InChI=1S/C22H15Cl2F3N2/c23-17-8-4-14(5-9-17)20-13-21(15-6-10-18(24)11-7-15)29(28-20)19-3-1-2-16(12-19)22(25,26)27/h1-12,21H,13H2. The van der Waals surface area contributed by atoms with Gasteiger partial charge in [-0.05, 0) is 53.6 Å². The van der Waals surface area contributed by atoms with Crippen molar-refractivity contribution in [1.29, 1.82) is 0 Å². The number of rotatable bonds is 3. The highest BCUT2D eigenvalue weighted by atomic mass is 35.5. The van der Waals surface area contributed by atoms with E-state index in [1.54, 1.807) is 35.3 Å². The summed E-state index contributed by atoms with van der Waals surface area (Å²) in [6, 6.07) is 19.5. The molecule has 0 saturated carbocycles. The Hall–Kier alpha value is -2.50. The molecule has 29 heavy (non-hydrogen) atoms. The number of hydrogen-bond acceptors (Lipinski definition) is 2. The highest BCUT2D eigenvalue weighted by molar-refractivity contribution is 6.31. The maximum Gasteiger partial charge on any atom is 0.416 e. The summed E-state index contributed by atoms with van der Waals surface area (Å²) in [6.45, 7) is 0. The Morgan fingerprint density at radius 2 is 1.48 bits per heavy atom. The zero-order chi connectivity index (χ0) is 20.6. The van der Waals surface area contributed by atoms with Crippen molar-refractivity contribution in [3.05, 3.63) is 99.5 Å². The van der Waals surface area contributed by atoms with E-state index in [0.717, 1.165) is 29.0 Å². The Bertz CT molecular complexity index is 1040. The number of halogens is 5. The number of anilines is 1. The molecule has 0 aromatic heterocycles. The van der Waals surface area contributed by atoms with E-state index in [2.05, 4.69) is 5.10 Å². The van der Waals surface area contributed by atoms with Crippen molar-refractivity contribution in [1.82, 2.24) is 0 Å². The first-order valence-electron chi connectivity index (χ1n) is 8.86. The summed E-state index contributed by atoms with van der Waals surface area (Å²) in [5.74, 6) is 0. The van der Waals surface area contributed by atoms with Gasteiger partial charge in [-0.1, -0.05) is 53.5 Å². The van der Waals surface area contributed by atoms with Crippen LogP contribution >= 0.6 is 23.2 Å². The Labute approximate surface area is 176 Å². The van der Waals surface area contributed by atoms with Crippen LogP contribution in [0.15, 0.2) is 77.9 Å². The third-order valence-electron chi connectivity index (χ3n) is 4.78. The average molecular weight is 435 g/mol. The second-order valence-electron chi connectivity index (χ2n) is 6.72. The van der Waals surface area contributed by atoms with Crippen LogP contribution in [0.2, 0.25) is 10.0 Å². The molecule has 0 saturated heterocycles. The summed E-state index contributed by atoms with van der Waals surface area (Å²) in [5.41, 5.74) is 2.24. The van der Waals surface area contributed by atoms with E-state index in [0.29, 0.717) is 22.2 Å². The number of nitrogens with zero attached hydrogens (tertiary/aromatic N) is 2. The minimum atomic E-state index is -4.42. The molecule has 0 amide bonds. The van der Waals surface area contributed by atoms with Gasteiger partial charge in [-0.2, -0.15) is 18.3 Å². The molecular weight excluding hydrogens is 420 g/mol. The first kappa shape index (κ1) is 19.8. The van der Waals surface area contributed by atoms with Crippen LogP contribution in [0.3, 0.4) is 0 Å². The van der Waals surface area contributed by atoms with Crippen molar-refractivity contribution in [2.24, 2.45) is 5.10 Å². The molecule has 0 bridgehead atoms. The van der Waals surface area contributed by atoms with Gasteiger partial charge in [-0.25, -0.2) is 0 Å². The van der Waals surface area contributed by atoms with E-state index in [9.17, 15) is 13.2 Å². The molecule has 148 valence electrons. The molecule has 0 aliphatic carbocycles. The minimum absolute atomic E-state index is 0.249. The largest absolute Gasteiger partial charge is 0.416 e. The predicted molar refractivity (Wildman–Crippen MR) is 111 cm³/mol. The molecular formula is C22H15Cl2F3N2. The monoisotopic (exact) mass is 434 g/mol. The van der Waals surface area contributed by atoms with Crippen LogP contribution in [-0.4, -0.2) is 5.71 Å². The molecule has 1 atom stereocenters. The molecule has 4 rings (SSSR count). The van der Waals surface area contributed by atoms with Gasteiger partial charge < -0.3 is 0 Å². The van der Waals surface area contributed by atoms with Gasteiger partial charge in [0.25, 0.3) is 0 Å². The quantitative estimate of drug-likeness (QED) is 0.420. The van der Waals surface area contributed by atoms with Gasteiger partial charge >= 0.3 is 6.18 Å². The van der Waals surface area contributed by atoms with Gasteiger partial charge in [0.15, 0.2) is 0 Å². The summed E-state index contributed by atoms with van der Waals surface area (Å²) in [5, 5.41) is 7.51. The fourth-order valence-electron chi connectivity index (χ4n) is 3.33. The summed E-state index contributed by atoms with van der Waals surface area (Å²) >= 11 is 12.0. The Morgan fingerprint density at radius 3 is 2.10 bits per heavy atom. The molecule has 3 aromatic rings. The SMILES string of the molecule is FC(F)(F)c1cccc(N2N=C(c3ccc(Cl)cc3)CC2c2ccc(Cl)cc2)c1. The Balaban J connectivity index is 1.77. The first-order chi connectivity index (χ1) is 13.8. The zero-order valence-corrected chi connectivity index (χ0v) is 16.5. The van der Waals surface area contributed by atoms with Gasteiger partial charge in [0.2, 0.25) is 0 Å². The van der Waals surface area contributed by atoms with Gasteiger partial charge in [0.05, 0.1) is 23.0 Å². The predicted octanol–water partition coefficient (Wildman–Crippen LogP) is 7.37. The third-order valence-corrected chi connectivity index (χ3v) is 5.28.